The van der Waals surface area contributed by atoms with Crippen LogP contribution in [0.15, 0.2) is 64.1 Å². The first kappa shape index (κ1) is 20.5. The standard InChI is InChI=1S/C24H22N4O3S/c1-15(2)11-16-3-5-17(6-4-16)19-8-10-23(27-26-19)32-13-22-25-24(28-31-22)18-7-9-20-21(12-18)30-14-29-20/h3-10,12,15H,11,13-14H2,1-2H3. The van der Waals surface area contributed by atoms with Crippen LogP contribution in [-0.2, 0) is 12.2 Å². The van der Waals surface area contributed by atoms with Gasteiger partial charge in [0.15, 0.2) is 11.5 Å². The number of hydrogen-bond acceptors (Lipinski definition) is 8. The predicted molar refractivity (Wildman–Crippen MR) is 121 cm³/mol. The zero-order valence-corrected chi connectivity index (χ0v) is 18.6. The van der Waals surface area contributed by atoms with Gasteiger partial charge in [0.2, 0.25) is 18.5 Å². The number of rotatable bonds is 7. The molecule has 0 amide bonds. The smallest absolute Gasteiger partial charge is 0.237 e. The Morgan fingerprint density at radius 3 is 2.50 bits per heavy atom. The topological polar surface area (TPSA) is 83.2 Å². The third-order valence-corrected chi connectivity index (χ3v) is 5.88. The van der Waals surface area contributed by atoms with Crippen LogP contribution in [0.5, 0.6) is 11.5 Å². The summed E-state index contributed by atoms with van der Waals surface area (Å²) < 4.78 is 16.1. The van der Waals surface area contributed by atoms with Gasteiger partial charge in [0, 0.05) is 11.1 Å². The molecule has 0 spiro atoms. The van der Waals surface area contributed by atoms with Crippen molar-refractivity contribution in [2.75, 3.05) is 6.79 Å². The average Bonchev–Trinajstić information content (AvgIpc) is 3.47. The van der Waals surface area contributed by atoms with Gasteiger partial charge in [-0.05, 0) is 48.2 Å². The van der Waals surface area contributed by atoms with E-state index in [0.29, 0.717) is 29.1 Å². The number of benzene rings is 2. The molecular formula is C24H22N4O3S. The van der Waals surface area contributed by atoms with Crippen LogP contribution in [0.25, 0.3) is 22.6 Å². The van der Waals surface area contributed by atoms with Crippen LogP contribution in [0, 0.1) is 5.92 Å². The van der Waals surface area contributed by atoms with Crippen molar-refractivity contribution >= 4 is 11.8 Å². The SMILES string of the molecule is CC(C)Cc1ccc(-c2ccc(SCc3nc(-c4ccc5c(c4)OCO5)no3)nn2)cc1. The first-order valence-corrected chi connectivity index (χ1v) is 11.4. The third-order valence-electron chi connectivity index (χ3n) is 4.98. The quantitative estimate of drug-likeness (QED) is 0.348. The Morgan fingerprint density at radius 1 is 0.906 bits per heavy atom. The van der Waals surface area contributed by atoms with Crippen molar-refractivity contribution in [1.29, 1.82) is 0 Å². The molecule has 2 aromatic heterocycles. The summed E-state index contributed by atoms with van der Waals surface area (Å²) in [5.41, 5.74) is 4.07. The molecule has 0 saturated heterocycles. The third kappa shape index (κ3) is 4.60. The van der Waals surface area contributed by atoms with E-state index in [4.69, 9.17) is 14.0 Å². The molecule has 0 atom stereocenters. The van der Waals surface area contributed by atoms with Crippen molar-refractivity contribution in [3.63, 3.8) is 0 Å². The minimum atomic E-state index is 0.232. The van der Waals surface area contributed by atoms with Gasteiger partial charge < -0.3 is 14.0 Å². The first-order valence-electron chi connectivity index (χ1n) is 10.4. The zero-order valence-electron chi connectivity index (χ0n) is 17.8. The van der Waals surface area contributed by atoms with E-state index >= 15 is 0 Å². The lowest BCUT2D eigenvalue weighted by molar-refractivity contribution is 0.174. The van der Waals surface area contributed by atoms with Crippen molar-refractivity contribution in [2.45, 2.75) is 31.0 Å². The fourth-order valence-corrected chi connectivity index (χ4v) is 4.09. The molecule has 5 rings (SSSR count). The summed E-state index contributed by atoms with van der Waals surface area (Å²) in [4.78, 5) is 4.47. The highest BCUT2D eigenvalue weighted by atomic mass is 32.2. The second kappa shape index (κ2) is 9.00. The number of hydrogen-bond donors (Lipinski definition) is 0. The van der Waals surface area contributed by atoms with E-state index in [1.807, 2.05) is 30.3 Å². The Labute approximate surface area is 190 Å². The summed E-state index contributed by atoms with van der Waals surface area (Å²) in [6, 6.07) is 18.0. The number of fused-ring (bicyclic) bond motifs is 1. The maximum Gasteiger partial charge on any atom is 0.237 e. The largest absolute Gasteiger partial charge is 0.454 e. The fraction of sp³-hybridized carbons (Fsp3) is 0.250. The van der Waals surface area contributed by atoms with Crippen LogP contribution < -0.4 is 9.47 Å². The van der Waals surface area contributed by atoms with Crippen molar-refractivity contribution in [3.05, 3.63) is 66.1 Å². The summed E-state index contributed by atoms with van der Waals surface area (Å²) in [6.07, 6.45) is 1.08. The lowest BCUT2D eigenvalue weighted by atomic mass is 10.0. The van der Waals surface area contributed by atoms with Crippen LogP contribution in [0.2, 0.25) is 0 Å². The zero-order chi connectivity index (χ0) is 21.9. The molecule has 0 N–H and O–H groups in total. The molecule has 32 heavy (non-hydrogen) atoms. The van der Waals surface area contributed by atoms with Gasteiger partial charge in [-0.2, -0.15) is 4.98 Å². The molecule has 0 aliphatic carbocycles. The maximum absolute atomic E-state index is 5.41. The van der Waals surface area contributed by atoms with Gasteiger partial charge in [-0.15, -0.1) is 10.2 Å². The molecule has 1 aliphatic heterocycles. The molecule has 0 radical (unpaired) electrons. The summed E-state index contributed by atoms with van der Waals surface area (Å²) in [7, 11) is 0. The van der Waals surface area contributed by atoms with Crippen molar-refractivity contribution in [2.24, 2.45) is 5.92 Å². The Hall–Kier alpha value is -3.39. The molecule has 0 fully saturated rings. The molecule has 162 valence electrons. The van der Waals surface area contributed by atoms with Gasteiger partial charge in [0.05, 0.1) is 11.4 Å². The maximum atomic E-state index is 5.41. The number of ether oxygens (including phenoxy) is 2. The van der Waals surface area contributed by atoms with E-state index < -0.39 is 0 Å². The highest BCUT2D eigenvalue weighted by molar-refractivity contribution is 7.98. The van der Waals surface area contributed by atoms with Gasteiger partial charge in [-0.3, -0.25) is 0 Å². The van der Waals surface area contributed by atoms with Crippen LogP contribution in [0.3, 0.4) is 0 Å². The fourth-order valence-electron chi connectivity index (χ4n) is 3.44. The van der Waals surface area contributed by atoms with Crippen LogP contribution in [0.4, 0.5) is 0 Å². The Bertz CT molecular complexity index is 1210. The van der Waals surface area contributed by atoms with Gasteiger partial charge in [-0.25, -0.2) is 0 Å². The minimum Gasteiger partial charge on any atom is -0.454 e. The summed E-state index contributed by atoms with van der Waals surface area (Å²) >= 11 is 1.50. The van der Waals surface area contributed by atoms with E-state index in [9.17, 15) is 0 Å². The Kier molecular flexibility index (Phi) is 5.77. The molecule has 1 aliphatic rings. The normalized spacial score (nSPS) is 12.5. The summed E-state index contributed by atoms with van der Waals surface area (Å²) in [6.45, 7) is 4.68. The van der Waals surface area contributed by atoms with E-state index in [-0.39, 0.29) is 6.79 Å². The Morgan fingerprint density at radius 2 is 1.72 bits per heavy atom. The van der Waals surface area contributed by atoms with Crippen LogP contribution in [0.1, 0.15) is 25.3 Å². The molecule has 0 bridgehead atoms. The second-order valence-electron chi connectivity index (χ2n) is 7.92. The van der Waals surface area contributed by atoms with E-state index in [0.717, 1.165) is 34.0 Å². The second-order valence-corrected chi connectivity index (χ2v) is 8.92. The molecule has 4 aromatic rings. The minimum absolute atomic E-state index is 0.232. The van der Waals surface area contributed by atoms with Crippen LogP contribution in [-0.4, -0.2) is 27.1 Å². The number of nitrogens with zero attached hydrogens (tertiary/aromatic N) is 4. The van der Waals surface area contributed by atoms with Gasteiger partial charge in [-0.1, -0.05) is 55.0 Å². The monoisotopic (exact) mass is 446 g/mol. The summed E-state index contributed by atoms with van der Waals surface area (Å²) in [5, 5.41) is 13.6. The average molecular weight is 447 g/mol. The van der Waals surface area contributed by atoms with Gasteiger partial charge >= 0.3 is 0 Å². The lowest BCUT2D eigenvalue weighted by Gasteiger charge is -2.06. The summed E-state index contributed by atoms with van der Waals surface area (Å²) in [5.74, 6) is 3.60. The predicted octanol–water partition coefficient (Wildman–Crippen LogP) is 5.41. The van der Waals surface area contributed by atoms with E-state index in [1.54, 1.807) is 0 Å². The van der Waals surface area contributed by atoms with Gasteiger partial charge in [0.1, 0.15) is 5.03 Å². The first-order chi connectivity index (χ1) is 15.6. The number of aromatic nitrogens is 4. The highest BCUT2D eigenvalue weighted by Gasteiger charge is 2.16. The van der Waals surface area contributed by atoms with Crippen molar-refractivity contribution in [3.8, 4) is 34.1 Å². The molecule has 3 heterocycles. The molecule has 0 saturated carbocycles. The molecular weight excluding hydrogens is 424 g/mol. The molecule has 8 heteroatoms. The highest BCUT2D eigenvalue weighted by Crippen LogP contribution is 2.35. The van der Waals surface area contributed by atoms with Gasteiger partial charge in [0.25, 0.3) is 0 Å². The van der Waals surface area contributed by atoms with E-state index in [2.05, 4.69) is 58.5 Å². The number of thioether (sulfide) groups is 1. The molecule has 7 nitrogen and oxygen atoms in total. The lowest BCUT2D eigenvalue weighted by Crippen LogP contribution is -1.94. The molecule has 0 unspecified atom stereocenters. The van der Waals surface area contributed by atoms with Crippen LogP contribution >= 0.6 is 11.8 Å². The van der Waals surface area contributed by atoms with Crippen molar-refractivity contribution < 1.29 is 14.0 Å². The van der Waals surface area contributed by atoms with Crippen molar-refractivity contribution in [1.82, 2.24) is 20.3 Å². The molecule has 2 aromatic carbocycles. The van der Waals surface area contributed by atoms with E-state index in [1.165, 1.54) is 17.3 Å². The Balaban J connectivity index is 1.20.